The molecule has 0 aliphatic heterocycles. The maximum absolute atomic E-state index is 11.0. The molecule has 1 rings (SSSR count). The lowest BCUT2D eigenvalue weighted by Gasteiger charge is -2.01. The van der Waals surface area contributed by atoms with E-state index in [1.165, 1.54) is 13.2 Å². The van der Waals surface area contributed by atoms with E-state index in [0.29, 0.717) is 18.7 Å². The number of rotatable bonds is 3. The van der Waals surface area contributed by atoms with Crippen molar-refractivity contribution in [3.63, 3.8) is 0 Å². The number of pyridine rings is 1. The highest BCUT2D eigenvalue weighted by molar-refractivity contribution is 5.22. The molecule has 0 saturated heterocycles. The van der Waals surface area contributed by atoms with Crippen LogP contribution in [0.4, 0.5) is 0 Å². The van der Waals surface area contributed by atoms with Gasteiger partial charge in [-0.25, -0.2) is 0 Å². The molecule has 0 aromatic carbocycles. The normalized spacial score (nSPS) is 9.83. The van der Waals surface area contributed by atoms with E-state index in [4.69, 9.17) is 10.5 Å². The highest BCUT2D eigenvalue weighted by Gasteiger charge is 1.97. The second kappa shape index (κ2) is 3.92. The molecule has 66 valence electrons. The number of methoxy groups -OCH3 is 1. The van der Waals surface area contributed by atoms with Gasteiger partial charge in [0.15, 0.2) is 0 Å². The van der Waals surface area contributed by atoms with Crippen LogP contribution in [-0.2, 0) is 6.42 Å². The summed E-state index contributed by atoms with van der Waals surface area (Å²) in [6.45, 7) is 0.517. The molecule has 1 aromatic heterocycles. The lowest BCUT2D eigenvalue weighted by atomic mass is 10.2. The third kappa shape index (κ3) is 2.10. The highest BCUT2D eigenvalue weighted by atomic mass is 16.5. The fraction of sp³-hybridized carbons (Fsp3) is 0.375. The lowest BCUT2D eigenvalue weighted by Crippen LogP contribution is -2.11. The molecule has 0 saturated carbocycles. The van der Waals surface area contributed by atoms with Crippen molar-refractivity contribution in [1.82, 2.24) is 4.98 Å². The van der Waals surface area contributed by atoms with E-state index in [9.17, 15) is 4.79 Å². The third-order valence-corrected chi connectivity index (χ3v) is 1.52. The second-order valence-electron chi connectivity index (χ2n) is 2.45. The van der Waals surface area contributed by atoms with Gasteiger partial charge in [-0.1, -0.05) is 0 Å². The first-order valence-corrected chi connectivity index (χ1v) is 3.73. The summed E-state index contributed by atoms with van der Waals surface area (Å²) < 4.78 is 4.92. The Hall–Kier alpha value is -1.29. The Labute approximate surface area is 70.4 Å². The van der Waals surface area contributed by atoms with Gasteiger partial charge in [0.25, 0.3) is 5.56 Å². The summed E-state index contributed by atoms with van der Waals surface area (Å²) in [5.41, 5.74) is 5.99. The van der Waals surface area contributed by atoms with Gasteiger partial charge in [0.1, 0.15) is 5.75 Å². The molecule has 12 heavy (non-hydrogen) atoms. The van der Waals surface area contributed by atoms with Gasteiger partial charge in [0.05, 0.1) is 7.11 Å². The molecule has 1 aromatic rings. The molecule has 1 heterocycles. The number of ether oxygens (including phenoxy) is 1. The van der Waals surface area contributed by atoms with Gasteiger partial charge in [0.2, 0.25) is 0 Å². The zero-order valence-electron chi connectivity index (χ0n) is 6.96. The summed E-state index contributed by atoms with van der Waals surface area (Å²) in [7, 11) is 1.53. The second-order valence-corrected chi connectivity index (χ2v) is 2.45. The fourth-order valence-electron chi connectivity index (χ4n) is 0.981. The molecule has 0 radical (unpaired) electrons. The maximum Gasteiger partial charge on any atom is 0.251 e. The van der Waals surface area contributed by atoms with E-state index in [2.05, 4.69) is 4.98 Å². The Morgan fingerprint density at radius 3 is 2.92 bits per heavy atom. The van der Waals surface area contributed by atoms with E-state index < -0.39 is 0 Å². The molecular weight excluding hydrogens is 156 g/mol. The maximum atomic E-state index is 11.0. The Bertz CT molecular complexity index is 306. The molecule has 0 fully saturated rings. The van der Waals surface area contributed by atoms with Gasteiger partial charge in [-0.15, -0.1) is 0 Å². The molecular formula is C8H12N2O2. The van der Waals surface area contributed by atoms with Crippen LogP contribution in [0.25, 0.3) is 0 Å². The van der Waals surface area contributed by atoms with Gasteiger partial charge in [-0.2, -0.15) is 0 Å². The Morgan fingerprint density at radius 2 is 2.33 bits per heavy atom. The quantitative estimate of drug-likeness (QED) is 0.661. The first kappa shape index (κ1) is 8.80. The van der Waals surface area contributed by atoms with Crippen molar-refractivity contribution in [2.24, 2.45) is 5.73 Å². The van der Waals surface area contributed by atoms with Crippen LogP contribution in [0, 0.1) is 0 Å². The molecule has 0 aliphatic carbocycles. The zero-order valence-corrected chi connectivity index (χ0v) is 6.96. The van der Waals surface area contributed by atoms with Crippen LogP contribution in [0.2, 0.25) is 0 Å². The fourth-order valence-corrected chi connectivity index (χ4v) is 0.981. The van der Waals surface area contributed by atoms with Crippen molar-refractivity contribution >= 4 is 0 Å². The first-order valence-electron chi connectivity index (χ1n) is 3.73. The van der Waals surface area contributed by atoms with Gasteiger partial charge in [-0.3, -0.25) is 4.79 Å². The van der Waals surface area contributed by atoms with E-state index >= 15 is 0 Å². The average Bonchev–Trinajstić information content (AvgIpc) is 2.04. The summed E-state index contributed by atoms with van der Waals surface area (Å²) in [5.74, 6) is 0.571. The van der Waals surface area contributed by atoms with Crippen molar-refractivity contribution in [1.29, 1.82) is 0 Å². The minimum absolute atomic E-state index is 0.155. The Kier molecular flexibility index (Phi) is 2.88. The first-order chi connectivity index (χ1) is 5.76. The molecule has 0 unspecified atom stereocenters. The van der Waals surface area contributed by atoms with Crippen LogP contribution < -0.4 is 16.0 Å². The molecule has 0 spiro atoms. The summed E-state index contributed by atoms with van der Waals surface area (Å²) in [6.07, 6.45) is 0.659. The lowest BCUT2D eigenvalue weighted by molar-refractivity contribution is 0.413. The summed E-state index contributed by atoms with van der Waals surface area (Å²) in [6, 6.07) is 3.17. The number of nitrogens with one attached hydrogen (secondary N) is 1. The summed E-state index contributed by atoms with van der Waals surface area (Å²) >= 11 is 0. The minimum atomic E-state index is -0.155. The van der Waals surface area contributed by atoms with E-state index in [-0.39, 0.29) is 5.56 Å². The van der Waals surface area contributed by atoms with Crippen LogP contribution >= 0.6 is 0 Å². The van der Waals surface area contributed by atoms with Crippen LogP contribution in [0.3, 0.4) is 0 Å². The van der Waals surface area contributed by atoms with Crippen molar-refractivity contribution in [2.75, 3.05) is 13.7 Å². The number of aromatic amines is 1. The standard InChI is InChI=1S/C8H12N2O2/c1-12-7-4-6(2-3-9)10-8(11)5-7/h4-5H,2-3,9H2,1H3,(H,10,11). The predicted molar refractivity (Wildman–Crippen MR) is 46.4 cm³/mol. The number of aromatic nitrogens is 1. The van der Waals surface area contributed by atoms with Crippen LogP contribution in [0.1, 0.15) is 5.69 Å². The van der Waals surface area contributed by atoms with E-state index in [0.717, 1.165) is 5.69 Å². The van der Waals surface area contributed by atoms with E-state index in [1.807, 2.05) is 0 Å². The minimum Gasteiger partial charge on any atom is -0.496 e. The van der Waals surface area contributed by atoms with Crippen molar-refractivity contribution in [3.05, 3.63) is 28.2 Å². The van der Waals surface area contributed by atoms with Gasteiger partial charge in [0, 0.05) is 11.8 Å². The largest absolute Gasteiger partial charge is 0.496 e. The molecule has 0 amide bonds. The molecule has 4 heteroatoms. The summed E-state index contributed by atoms with van der Waals surface area (Å²) in [4.78, 5) is 13.6. The topological polar surface area (TPSA) is 68.1 Å². The number of hydrogen-bond acceptors (Lipinski definition) is 3. The number of nitrogens with two attached hydrogens (primary N) is 1. The molecule has 3 N–H and O–H groups in total. The molecule has 0 aliphatic rings. The van der Waals surface area contributed by atoms with E-state index in [1.54, 1.807) is 6.07 Å². The number of hydrogen-bond donors (Lipinski definition) is 2. The highest BCUT2D eigenvalue weighted by Crippen LogP contribution is 2.06. The third-order valence-electron chi connectivity index (χ3n) is 1.52. The van der Waals surface area contributed by atoms with Crippen molar-refractivity contribution in [3.8, 4) is 5.75 Å². The number of H-pyrrole nitrogens is 1. The van der Waals surface area contributed by atoms with Gasteiger partial charge < -0.3 is 15.5 Å². The SMILES string of the molecule is COc1cc(CCN)[nH]c(=O)c1. The zero-order chi connectivity index (χ0) is 8.97. The predicted octanol–water partition coefficient (Wildman–Crippen LogP) is -0.115. The smallest absolute Gasteiger partial charge is 0.251 e. The monoisotopic (exact) mass is 168 g/mol. The van der Waals surface area contributed by atoms with Crippen LogP contribution in [0.15, 0.2) is 16.9 Å². The molecule has 0 bridgehead atoms. The van der Waals surface area contributed by atoms with Crippen molar-refractivity contribution < 1.29 is 4.74 Å². The summed E-state index contributed by atoms with van der Waals surface area (Å²) in [5, 5.41) is 0. The van der Waals surface area contributed by atoms with Gasteiger partial charge in [-0.05, 0) is 19.0 Å². The Balaban J connectivity index is 2.98. The van der Waals surface area contributed by atoms with Crippen molar-refractivity contribution in [2.45, 2.75) is 6.42 Å². The molecule has 0 atom stereocenters. The van der Waals surface area contributed by atoms with Crippen LogP contribution in [0.5, 0.6) is 5.75 Å². The molecule has 4 nitrogen and oxygen atoms in total. The van der Waals surface area contributed by atoms with Gasteiger partial charge >= 0.3 is 0 Å². The Morgan fingerprint density at radius 1 is 1.58 bits per heavy atom. The van der Waals surface area contributed by atoms with Crippen LogP contribution in [-0.4, -0.2) is 18.6 Å². The average molecular weight is 168 g/mol.